The molecule has 0 saturated heterocycles. The maximum Gasteiger partial charge on any atom is 0.225 e. The number of thiophene rings is 1. The number of ketones is 1. The van der Waals surface area contributed by atoms with Crippen molar-refractivity contribution in [1.29, 1.82) is 0 Å². The van der Waals surface area contributed by atoms with Gasteiger partial charge in [-0.15, -0.1) is 11.3 Å². The zero-order valence-electron chi connectivity index (χ0n) is 12.6. The molecule has 2 aromatic rings. The highest BCUT2D eigenvalue weighted by Gasteiger charge is 2.38. The van der Waals surface area contributed by atoms with Gasteiger partial charge < -0.3 is 5.32 Å². The number of allylic oxidation sites excluding steroid dienone is 2. The topological polar surface area (TPSA) is 46.2 Å². The van der Waals surface area contributed by atoms with Crippen LogP contribution < -0.4 is 5.32 Å². The Hall–Kier alpha value is -2.20. The molecule has 0 saturated carbocycles. The van der Waals surface area contributed by atoms with Crippen molar-refractivity contribution in [3.63, 3.8) is 0 Å². The maximum atomic E-state index is 12.8. The second-order valence-corrected chi connectivity index (χ2v) is 7.13. The van der Waals surface area contributed by atoms with Crippen LogP contribution in [0.4, 0.5) is 0 Å². The molecule has 23 heavy (non-hydrogen) atoms. The summed E-state index contributed by atoms with van der Waals surface area (Å²) in [7, 11) is 0. The highest BCUT2D eigenvalue weighted by molar-refractivity contribution is 7.10. The van der Waals surface area contributed by atoms with E-state index in [4.69, 9.17) is 0 Å². The summed E-state index contributed by atoms with van der Waals surface area (Å²) in [6.07, 6.45) is 1.64. The molecule has 2 heterocycles. The average Bonchev–Trinajstić information content (AvgIpc) is 3.09. The van der Waals surface area contributed by atoms with E-state index in [1.165, 1.54) is 5.56 Å². The van der Waals surface area contributed by atoms with Crippen LogP contribution in [0.3, 0.4) is 0 Å². The summed E-state index contributed by atoms with van der Waals surface area (Å²) in [6, 6.07) is 14.1. The first-order chi connectivity index (χ1) is 11.2. The maximum absolute atomic E-state index is 12.8. The molecular formula is C19H17NO2S. The number of rotatable bonds is 2. The molecule has 4 rings (SSSR count). The van der Waals surface area contributed by atoms with Crippen LogP contribution in [-0.2, 0) is 9.59 Å². The Morgan fingerprint density at radius 3 is 2.52 bits per heavy atom. The van der Waals surface area contributed by atoms with Gasteiger partial charge in [0.1, 0.15) is 0 Å². The monoisotopic (exact) mass is 323 g/mol. The Morgan fingerprint density at radius 2 is 1.78 bits per heavy atom. The smallest absolute Gasteiger partial charge is 0.225 e. The Balaban J connectivity index is 1.72. The Morgan fingerprint density at radius 1 is 0.957 bits per heavy atom. The molecule has 1 aliphatic heterocycles. The molecule has 0 bridgehead atoms. The molecule has 0 spiro atoms. The van der Waals surface area contributed by atoms with Gasteiger partial charge in [-0.05, 0) is 29.3 Å². The van der Waals surface area contributed by atoms with E-state index in [1.54, 1.807) is 11.3 Å². The highest BCUT2D eigenvalue weighted by Crippen LogP contribution is 2.43. The van der Waals surface area contributed by atoms with Gasteiger partial charge in [0.15, 0.2) is 5.78 Å². The molecular weight excluding hydrogens is 306 g/mol. The third-order valence-electron chi connectivity index (χ3n) is 4.69. The molecule has 116 valence electrons. The lowest BCUT2D eigenvalue weighted by atomic mass is 9.75. The fourth-order valence-electron chi connectivity index (χ4n) is 3.65. The number of carbonyl (C=O) groups is 2. The van der Waals surface area contributed by atoms with Crippen molar-refractivity contribution in [2.75, 3.05) is 0 Å². The quantitative estimate of drug-likeness (QED) is 0.915. The summed E-state index contributed by atoms with van der Waals surface area (Å²) in [5, 5.41) is 4.97. The zero-order chi connectivity index (χ0) is 15.8. The van der Waals surface area contributed by atoms with Gasteiger partial charge in [-0.1, -0.05) is 36.4 Å². The third kappa shape index (κ3) is 2.63. The molecule has 1 aliphatic carbocycles. The van der Waals surface area contributed by atoms with Gasteiger partial charge in [-0.25, -0.2) is 0 Å². The van der Waals surface area contributed by atoms with E-state index in [-0.39, 0.29) is 23.5 Å². The highest BCUT2D eigenvalue weighted by atomic mass is 32.1. The SMILES string of the molecule is O=C1CC(c2cccs2)C2=C(CC(c3ccccc3)CC2=O)N1. The summed E-state index contributed by atoms with van der Waals surface area (Å²) in [4.78, 5) is 26.1. The molecule has 0 fully saturated rings. The molecule has 1 N–H and O–H groups in total. The second kappa shape index (κ2) is 5.78. The molecule has 3 nitrogen and oxygen atoms in total. The van der Waals surface area contributed by atoms with Gasteiger partial charge in [-0.2, -0.15) is 0 Å². The Labute approximate surface area is 139 Å². The first-order valence-corrected chi connectivity index (χ1v) is 8.75. The van der Waals surface area contributed by atoms with E-state index >= 15 is 0 Å². The van der Waals surface area contributed by atoms with Gasteiger partial charge in [0.25, 0.3) is 0 Å². The van der Waals surface area contributed by atoms with Crippen LogP contribution in [0.5, 0.6) is 0 Å². The zero-order valence-corrected chi connectivity index (χ0v) is 13.4. The van der Waals surface area contributed by atoms with Crippen LogP contribution in [-0.4, -0.2) is 11.7 Å². The molecule has 2 unspecified atom stereocenters. The van der Waals surface area contributed by atoms with Gasteiger partial charge in [0, 0.05) is 34.9 Å². The van der Waals surface area contributed by atoms with Crippen molar-refractivity contribution in [3.05, 3.63) is 69.6 Å². The number of hydrogen-bond acceptors (Lipinski definition) is 3. The summed E-state index contributed by atoms with van der Waals surface area (Å²) >= 11 is 1.62. The van der Waals surface area contributed by atoms with Crippen LogP contribution in [0.25, 0.3) is 0 Å². The molecule has 1 aromatic heterocycles. The number of carbonyl (C=O) groups excluding carboxylic acids is 2. The standard InChI is InChI=1S/C19H17NO2S/c21-16-10-13(12-5-2-1-3-6-12)9-15-19(16)14(11-18(22)20-15)17-7-4-8-23-17/h1-8,13-14H,9-11H2,(H,20,22). The summed E-state index contributed by atoms with van der Waals surface area (Å²) < 4.78 is 0. The van der Waals surface area contributed by atoms with Crippen molar-refractivity contribution >= 4 is 23.0 Å². The summed E-state index contributed by atoms with van der Waals surface area (Å²) in [5.41, 5.74) is 2.84. The first kappa shape index (κ1) is 14.4. The Bertz CT molecular complexity index is 777. The van der Waals surface area contributed by atoms with Crippen molar-refractivity contribution in [1.82, 2.24) is 5.32 Å². The molecule has 2 aliphatic rings. The van der Waals surface area contributed by atoms with Crippen LogP contribution in [0.15, 0.2) is 59.1 Å². The van der Waals surface area contributed by atoms with Crippen LogP contribution in [0, 0.1) is 0 Å². The van der Waals surface area contributed by atoms with Crippen molar-refractivity contribution in [2.45, 2.75) is 31.1 Å². The Kier molecular flexibility index (Phi) is 3.62. The van der Waals surface area contributed by atoms with E-state index in [9.17, 15) is 9.59 Å². The summed E-state index contributed by atoms with van der Waals surface area (Å²) in [5.74, 6) is 0.287. The largest absolute Gasteiger partial charge is 0.329 e. The predicted octanol–water partition coefficient (Wildman–Crippen LogP) is 3.75. The van der Waals surface area contributed by atoms with Crippen molar-refractivity contribution < 1.29 is 9.59 Å². The molecule has 1 aromatic carbocycles. The van der Waals surface area contributed by atoms with E-state index in [0.717, 1.165) is 22.6 Å². The average molecular weight is 323 g/mol. The number of Topliss-reactive ketones (excluding diaryl/α,β-unsaturated/α-hetero) is 1. The van der Waals surface area contributed by atoms with Crippen LogP contribution >= 0.6 is 11.3 Å². The normalized spacial score (nSPS) is 24.3. The molecule has 2 atom stereocenters. The van der Waals surface area contributed by atoms with Gasteiger partial charge >= 0.3 is 0 Å². The molecule has 1 amide bonds. The lowest BCUT2D eigenvalue weighted by Gasteiger charge is -2.34. The van der Waals surface area contributed by atoms with Crippen molar-refractivity contribution in [3.8, 4) is 0 Å². The van der Waals surface area contributed by atoms with E-state index < -0.39 is 0 Å². The van der Waals surface area contributed by atoms with Gasteiger partial charge in [0.05, 0.1) is 0 Å². The predicted molar refractivity (Wildman–Crippen MR) is 90.3 cm³/mol. The minimum atomic E-state index is -0.0667. The number of amides is 1. The summed E-state index contributed by atoms with van der Waals surface area (Å²) in [6.45, 7) is 0. The van der Waals surface area contributed by atoms with Crippen LogP contribution in [0.1, 0.15) is 41.5 Å². The minimum absolute atomic E-state index is 0.0173. The lowest BCUT2D eigenvalue weighted by molar-refractivity contribution is -0.122. The van der Waals surface area contributed by atoms with Crippen molar-refractivity contribution in [2.24, 2.45) is 0 Å². The number of hydrogen-bond donors (Lipinski definition) is 1. The molecule has 4 heteroatoms. The van der Waals surface area contributed by atoms with E-state index in [1.807, 2.05) is 35.7 Å². The molecule has 0 radical (unpaired) electrons. The fraction of sp³-hybridized carbons (Fsp3) is 0.263. The number of benzene rings is 1. The first-order valence-electron chi connectivity index (χ1n) is 7.87. The van der Waals surface area contributed by atoms with Gasteiger partial charge in [-0.3, -0.25) is 9.59 Å². The van der Waals surface area contributed by atoms with E-state index in [0.29, 0.717) is 12.8 Å². The minimum Gasteiger partial charge on any atom is -0.329 e. The van der Waals surface area contributed by atoms with Crippen LogP contribution in [0.2, 0.25) is 0 Å². The second-order valence-electron chi connectivity index (χ2n) is 6.15. The number of nitrogens with one attached hydrogen (secondary N) is 1. The lowest BCUT2D eigenvalue weighted by Crippen LogP contribution is -2.37. The third-order valence-corrected chi connectivity index (χ3v) is 5.68. The van der Waals surface area contributed by atoms with Gasteiger partial charge in [0.2, 0.25) is 5.91 Å². The fourth-order valence-corrected chi connectivity index (χ4v) is 4.49. The van der Waals surface area contributed by atoms with E-state index in [2.05, 4.69) is 17.4 Å².